The number of carbonyl (C=O) groups excluding carboxylic acids is 1. The van der Waals surface area contributed by atoms with Crippen LogP contribution < -0.4 is 14.8 Å². The molecule has 6 heteroatoms. The smallest absolute Gasteiger partial charge is 0.317 e. The number of hydrogen-bond donors (Lipinski definition) is 1. The van der Waals surface area contributed by atoms with E-state index in [0.717, 1.165) is 22.8 Å². The van der Waals surface area contributed by atoms with E-state index in [1.54, 1.807) is 18.1 Å². The summed E-state index contributed by atoms with van der Waals surface area (Å²) in [5.41, 5.74) is 1.97. The van der Waals surface area contributed by atoms with E-state index in [-0.39, 0.29) is 6.03 Å². The van der Waals surface area contributed by atoms with Gasteiger partial charge in [-0.15, -0.1) is 0 Å². The molecule has 0 radical (unpaired) electrons. The molecule has 0 aliphatic carbocycles. The summed E-state index contributed by atoms with van der Waals surface area (Å²) < 4.78 is 11.1. The first kappa shape index (κ1) is 16.1. The minimum Gasteiger partial charge on any atom is -0.486 e. The molecule has 1 aliphatic heterocycles. The number of urea groups is 1. The molecule has 0 atom stereocenters. The molecular formula is C18H21N3O3. The quantitative estimate of drug-likeness (QED) is 0.915. The summed E-state index contributed by atoms with van der Waals surface area (Å²) in [5.74, 6) is 1.50. The van der Waals surface area contributed by atoms with Gasteiger partial charge < -0.3 is 19.7 Å². The largest absolute Gasteiger partial charge is 0.486 e. The first-order chi connectivity index (χ1) is 11.7. The summed E-state index contributed by atoms with van der Waals surface area (Å²) >= 11 is 0. The SMILES string of the molecule is CN(Cc1ccc2c(c1)OCCO2)C(=O)NCCc1ccccn1. The van der Waals surface area contributed by atoms with Crippen molar-refractivity contribution in [2.45, 2.75) is 13.0 Å². The van der Waals surface area contributed by atoms with Gasteiger partial charge in [-0.25, -0.2) is 4.79 Å². The molecule has 3 rings (SSSR count). The number of nitrogens with one attached hydrogen (secondary N) is 1. The highest BCUT2D eigenvalue weighted by atomic mass is 16.6. The maximum absolute atomic E-state index is 12.2. The fourth-order valence-corrected chi connectivity index (χ4v) is 2.51. The van der Waals surface area contributed by atoms with E-state index < -0.39 is 0 Å². The average molecular weight is 327 g/mol. The normalized spacial score (nSPS) is 12.5. The molecule has 1 aromatic heterocycles. The van der Waals surface area contributed by atoms with Crippen LogP contribution in [0.4, 0.5) is 4.79 Å². The number of amides is 2. The van der Waals surface area contributed by atoms with Crippen molar-refractivity contribution >= 4 is 6.03 Å². The minimum absolute atomic E-state index is 0.110. The van der Waals surface area contributed by atoms with Crippen molar-refractivity contribution in [1.82, 2.24) is 15.2 Å². The van der Waals surface area contributed by atoms with E-state index >= 15 is 0 Å². The van der Waals surface area contributed by atoms with Crippen LogP contribution in [-0.2, 0) is 13.0 Å². The maximum Gasteiger partial charge on any atom is 0.317 e. The summed E-state index contributed by atoms with van der Waals surface area (Å²) in [5, 5.41) is 2.90. The van der Waals surface area contributed by atoms with Crippen LogP contribution in [0.1, 0.15) is 11.3 Å². The number of ether oxygens (including phenoxy) is 2. The molecular weight excluding hydrogens is 306 g/mol. The van der Waals surface area contributed by atoms with E-state index in [2.05, 4.69) is 10.3 Å². The number of benzene rings is 1. The molecule has 0 bridgehead atoms. The summed E-state index contributed by atoms with van der Waals surface area (Å²) in [7, 11) is 1.77. The second-order valence-electron chi connectivity index (χ2n) is 5.64. The van der Waals surface area contributed by atoms with Gasteiger partial charge in [0, 0.05) is 38.4 Å². The number of pyridine rings is 1. The van der Waals surface area contributed by atoms with E-state index in [1.807, 2.05) is 36.4 Å². The van der Waals surface area contributed by atoms with Crippen LogP contribution in [0.5, 0.6) is 11.5 Å². The van der Waals surface area contributed by atoms with Gasteiger partial charge >= 0.3 is 6.03 Å². The van der Waals surface area contributed by atoms with Gasteiger partial charge in [0.25, 0.3) is 0 Å². The summed E-state index contributed by atoms with van der Waals surface area (Å²) in [6.45, 7) is 2.19. The molecule has 1 aliphatic rings. The van der Waals surface area contributed by atoms with Crippen molar-refractivity contribution in [1.29, 1.82) is 0 Å². The molecule has 1 aromatic carbocycles. The van der Waals surface area contributed by atoms with Crippen molar-refractivity contribution < 1.29 is 14.3 Å². The van der Waals surface area contributed by atoms with Crippen molar-refractivity contribution in [3.05, 3.63) is 53.9 Å². The molecule has 0 unspecified atom stereocenters. The van der Waals surface area contributed by atoms with Gasteiger partial charge in [-0.2, -0.15) is 0 Å². The lowest BCUT2D eigenvalue weighted by Gasteiger charge is -2.21. The highest BCUT2D eigenvalue weighted by Gasteiger charge is 2.14. The number of hydrogen-bond acceptors (Lipinski definition) is 4. The Morgan fingerprint density at radius 2 is 2.04 bits per heavy atom. The van der Waals surface area contributed by atoms with Crippen molar-refractivity contribution in [2.24, 2.45) is 0 Å². The predicted molar refractivity (Wildman–Crippen MR) is 90.2 cm³/mol. The Bertz CT molecular complexity index is 691. The maximum atomic E-state index is 12.2. The zero-order chi connectivity index (χ0) is 16.8. The van der Waals surface area contributed by atoms with Gasteiger partial charge in [-0.05, 0) is 29.8 Å². The van der Waals surface area contributed by atoms with Crippen LogP contribution in [0.3, 0.4) is 0 Å². The van der Waals surface area contributed by atoms with E-state index in [1.165, 1.54) is 0 Å². The highest BCUT2D eigenvalue weighted by molar-refractivity contribution is 5.73. The predicted octanol–water partition coefficient (Wildman–Crippen LogP) is 2.24. The lowest BCUT2D eigenvalue weighted by molar-refractivity contribution is 0.171. The molecule has 2 amide bonds. The minimum atomic E-state index is -0.110. The number of aromatic nitrogens is 1. The molecule has 126 valence electrons. The number of rotatable bonds is 5. The number of fused-ring (bicyclic) bond motifs is 1. The monoisotopic (exact) mass is 327 g/mol. The molecule has 6 nitrogen and oxygen atoms in total. The first-order valence-corrected chi connectivity index (χ1v) is 8.00. The zero-order valence-corrected chi connectivity index (χ0v) is 13.7. The lowest BCUT2D eigenvalue weighted by Crippen LogP contribution is -2.37. The molecule has 0 saturated heterocycles. The topological polar surface area (TPSA) is 63.7 Å². The fraction of sp³-hybridized carbons (Fsp3) is 0.333. The van der Waals surface area contributed by atoms with E-state index in [4.69, 9.17) is 9.47 Å². The molecule has 0 spiro atoms. The summed E-state index contributed by atoms with van der Waals surface area (Å²) in [4.78, 5) is 18.0. The van der Waals surface area contributed by atoms with Crippen LogP contribution in [0, 0.1) is 0 Å². The third kappa shape index (κ3) is 4.16. The van der Waals surface area contributed by atoms with E-state index in [9.17, 15) is 4.79 Å². The molecule has 2 heterocycles. The third-order valence-electron chi connectivity index (χ3n) is 3.76. The van der Waals surface area contributed by atoms with Gasteiger partial charge in [0.05, 0.1) is 0 Å². The van der Waals surface area contributed by atoms with Crippen molar-refractivity contribution in [3.8, 4) is 11.5 Å². The zero-order valence-electron chi connectivity index (χ0n) is 13.7. The second-order valence-corrected chi connectivity index (χ2v) is 5.64. The molecule has 2 aromatic rings. The van der Waals surface area contributed by atoms with Gasteiger partial charge in [-0.3, -0.25) is 4.98 Å². The van der Waals surface area contributed by atoms with Crippen molar-refractivity contribution in [2.75, 3.05) is 26.8 Å². The van der Waals surface area contributed by atoms with Crippen LogP contribution in [0.2, 0.25) is 0 Å². The van der Waals surface area contributed by atoms with Crippen molar-refractivity contribution in [3.63, 3.8) is 0 Å². The van der Waals surface area contributed by atoms with Crippen LogP contribution in [0.25, 0.3) is 0 Å². The Kier molecular flexibility index (Phi) is 5.15. The first-order valence-electron chi connectivity index (χ1n) is 8.00. The highest BCUT2D eigenvalue weighted by Crippen LogP contribution is 2.30. The standard InChI is InChI=1S/C18H21N3O3/c1-21(18(22)20-9-7-15-4-2-3-8-19-15)13-14-5-6-16-17(12-14)24-11-10-23-16/h2-6,8,12H,7,9-11,13H2,1H3,(H,20,22). The third-order valence-corrected chi connectivity index (χ3v) is 3.76. The lowest BCUT2D eigenvalue weighted by atomic mass is 10.2. The van der Waals surface area contributed by atoms with E-state index in [0.29, 0.717) is 32.7 Å². The second kappa shape index (κ2) is 7.68. The molecule has 24 heavy (non-hydrogen) atoms. The number of nitrogens with zero attached hydrogens (tertiary/aromatic N) is 2. The average Bonchev–Trinajstić information content (AvgIpc) is 2.62. The van der Waals surface area contributed by atoms with Crippen LogP contribution in [-0.4, -0.2) is 42.7 Å². The fourth-order valence-electron chi connectivity index (χ4n) is 2.51. The van der Waals surface area contributed by atoms with Gasteiger partial charge in [-0.1, -0.05) is 12.1 Å². The number of carbonyl (C=O) groups is 1. The summed E-state index contributed by atoms with van der Waals surface area (Å²) in [6, 6.07) is 11.4. The van der Waals surface area contributed by atoms with Crippen LogP contribution >= 0.6 is 0 Å². The molecule has 0 fully saturated rings. The van der Waals surface area contributed by atoms with Gasteiger partial charge in [0.15, 0.2) is 11.5 Å². The van der Waals surface area contributed by atoms with Crippen LogP contribution in [0.15, 0.2) is 42.6 Å². The Morgan fingerprint density at radius 3 is 2.83 bits per heavy atom. The Hall–Kier alpha value is -2.76. The van der Waals surface area contributed by atoms with Gasteiger partial charge in [0.1, 0.15) is 13.2 Å². The summed E-state index contributed by atoms with van der Waals surface area (Å²) in [6.07, 6.45) is 2.47. The van der Waals surface area contributed by atoms with Gasteiger partial charge in [0.2, 0.25) is 0 Å². The molecule has 1 N–H and O–H groups in total. The Labute approximate surface area is 141 Å². The molecule has 0 saturated carbocycles. The Balaban J connectivity index is 1.49. The Morgan fingerprint density at radius 1 is 1.21 bits per heavy atom.